The van der Waals surface area contributed by atoms with Gasteiger partial charge in [0.1, 0.15) is 0 Å². The maximum Gasteiger partial charge on any atom is 0.0720 e. The summed E-state index contributed by atoms with van der Waals surface area (Å²) in [4.78, 5) is 2.46. The molecule has 0 saturated carbocycles. The van der Waals surface area contributed by atoms with Crippen molar-refractivity contribution in [2.24, 2.45) is 0 Å². The summed E-state index contributed by atoms with van der Waals surface area (Å²) in [5, 5.41) is 0. The molecule has 4 aliphatic rings. The van der Waals surface area contributed by atoms with E-state index in [-0.39, 0.29) is 5.41 Å². The van der Waals surface area contributed by atoms with Crippen LogP contribution in [0.4, 0.5) is 17.1 Å². The zero-order valence-corrected chi connectivity index (χ0v) is 42.5. The first kappa shape index (κ1) is 44.2. The first-order chi connectivity index (χ1) is 36.3. The Balaban J connectivity index is 0.932. The molecule has 0 bridgehead atoms. The minimum absolute atomic E-state index is 0.125. The SMILES string of the molecule is Cc1ccccc1-c1ccc(N(c2ccc(-c3ccc4c(c3)C3(c5ccccc5-4)c4ccccc4C(C4=CC=CCC4)(c4ccccc4)c4ccccc43)cc2)c2ccc3c(c2)C(C)(C)c2ccccc2-3)cc1C. The van der Waals surface area contributed by atoms with Gasteiger partial charge in [0.05, 0.1) is 10.8 Å². The summed E-state index contributed by atoms with van der Waals surface area (Å²) in [6, 6.07) is 87.7. The van der Waals surface area contributed by atoms with Gasteiger partial charge in [-0.1, -0.05) is 226 Å². The van der Waals surface area contributed by atoms with Crippen molar-refractivity contribution in [3.05, 3.63) is 316 Å². The molecule has 14 rings (SSSR count). The first-order valence-electron chi connectivity index (χ1n) is 26.5. The number of fused-ring (bicyclic) bond motifs is 12. The summed E-state index contributed by atoms with van der Waals surface area (Å²) in [5.74, 6) is 0. The van der Waals surface area contributed by atoms with E-state index in [0.717, 1.165) is 29.9 Å². The van der Waals surface area contributed by atoms with Crippen molar-refractivity contribution in [1.29, 1.82) is 0 Å². The fourth-order valence-corrected chi connectivity index (χ4v) is 14.1. The fraction of sp³-hybridized carbons (Fsp3) is 0.123. The fourth-order valence-electron chi connectivity index (χ4n) is 14.1. The molecule has 0 fully saturated rings. The van der Waals surface area contributed by atoms with Crippen LogP contribution in [-0.4, -0.2) is 0 Å². The molecule has 74 heavy (non-hydrogen) atoms. The van der Waals surface area contributed by atoms with Crippen LogP contribution in [0.3, 0.4) is 0 Å². The zero-order chi connectivity index (χ0) is 49.8. The van der Waals surface area contributed by atoms with Crippen LogP contribution in [-0.2, 0) is 16.2 Å². The third-order valence-corrected chi connectivity index (χ3v) is 17.4. The van der Waals surface area contributed by atoms with Gasteiger partial charge in [0.2, 0.25) is 0 Å². The molecule has 0 radical (unpaired) electrons. The highest BCUT2D eigenvalue weighted by Gasteiger charge is 2.57. The minimum atomic E-state index is -0.543. The Morgan fingerprint density at radius 3 is 1.49 bits per heavy atom. The number of benzene rings is 10. The highest BCUT2D eigenvalue weighted by atomic mass is 15.1. The van der Waals surface area contributed by atoms with E-state index < -0.39 is 10.8 Å². The molecule has 0 amide bonds. The molecule has 10 aromatic rings. The standard InChI is InChI=1S/C73H57N/c1-48-21-11-12-26-57(48)58-43-40-55(45-49(58)2)74(56-41-44-61-59-27-13-15-29-63(59)71(3,4)69(61)47-56)54-38-35-50(36-39-54)51-37-42-62-60-28-14-16-30-64(60)73(70(62)46-51)67-33-19-17-31-65(67)72(52-22-7-5-8-23-52,53-24-9-6-10-25-53)66-32-18-20-34-68(66)73/h5-9,11-24,26-47H,10,25H2,1-4H3. The molecule has 0 aliphatic heterocycles. The smallest absolute Gasteiger partial charge is 0.0720 e. The van der Waals surface area contributed by atoms with E-state index in [1.807, 2.05) is 0 Å². The van der Waals surface area contributed by atoms with E-state index in [2.05, 4.69) is 281 Å². The van der Waals surface area contributed by atoms with E-state index in [0.29, 0.717) is 0 Å². The van der Waals surface area contributed by atoms with Gasteiger partial charge in [0.25, 0.3) is 0 Å². The predicted molar refractivity (Wildman–Crippen MR) is 309 cm³/mol. The molecule has 0 atom stereocenters. The lowest BCUT2D eigenvalue weighted by Crippen LogP contribution is -2.45. The third kappa shape index (κ3) is 6.23. The lowest BCUT2D eigenvalue weighted by molar-refractivity contribution is 0.595. The second-order valence-electron chi connectivity index (χ2n) is 21.5. The van der Waals surface area contributed by atoms with Crippen molar-refractivity contribution >= 4 is 17.1 Å². The number of nitrogens with zero attached hydrogens (tertiary/aromatic N) is 1. The molecule has 10 aromatic carbocycles. The van der Waals surface area contributed by atoms with Gasteiger partial charge in [0, 0.05) is 22.5 Å². The lowest BCUT2D eigenvalue weighted by Gasteiger charge is -2.51. The van der Waals surface area contributed by atoms with Gasteiger partial charge in [-0.25, -0.2) is 0 Å². The second kappa shape index (κ2) is 16.8. The average molecular weight is 948 g/mol. The van der Waals surface area contributed by atoms with Crippen LogP contribution in [0.25, 0.3) is 44.5 Å². The third-order valence-electron chi connectivity index (χ3n) is 17.4. The number of aryl methyl sites for hydroxylation is 2. The quantitative estimate of drug-likeness (QED) is 0.154. The van der Waals surface area contributed by atoms with Crippen molar-refractivity contribution in [2.45, 2.75) is 56.8 Å². The van der Waals surface area contributed by atoms with Gasteiger partial charge in [-0.3, -0.25) is 0 Å². The van der Waals surface area contributed by atoms with Gasteiger partial charge in [-0.15, -0.1) is 0 Å². The Labute approximate surface area is 436 Å². The van der Waals surface area contributed by atoms with Crippen molar-refractivity contribution < 1.29 is 0 Å². The molecule has 1 spiro atoms. The molecule has 0 N–H and O–H groups in total. The van der Waals surface area contributed by atoms with Crippen LogP contribution in [0.2, 0.25) is 0 Å². The number of hydrogen-bond acceptors (Lipinski definition) is 1. The number of hydrogen-bond donors (Lipinski definition) is 0. The van der Waals surface area contributed by atoms with Crippen LogP contribution < -0.4 is 4.90 Å². The summed E-state index contributed by atoms with van der Waals surface area (Å²) in [5.41, 5.74) is 28.7. The van der Waals surface area contributed by atoms with Crippen LogP contribution in [0.15, 0.2) is 254 Å². The van der Waals surface area contributed by atoms with E-state index in [1.54, 1.807) is 0 Å². The molecule has 4 aliphatic carbocycles. The van der Waals surface area contributed by atoms with E-state index >= 15 is 0 Å². The molecule has 1 heteroatoms. The Morgan fingerprint density at radius 1 is 0.351 bits per heavy atom. The van der Waals surface area contributed by atoms with Gasteiger partial charge >= 0.3 is 0 Å². The first-order valence-corrected chi connectivity index (χ1v) is 26.5. The van der Waals surface area contributed by atoms with Gasteiger partial charge in [-0.05, 0) is 175 Å². The summed E-state index contributed by atoms with van der Waals surface area (Å²) in [6.45, 7) is 9.20. The molecule has 0 saturated heterocycles. The predicted octanol–water partition coefficient (Wildman–Crippen LogP) is 18.7. The van der Waals surface area contributed by atoms with Crippen LogP contribution in [0.1, 0.15) is 87.9 Å². The number of anilines is 3. The van der Waals surface area contributed by atoms with Gasteiger partial charge in [-0.2, -0.15) is 0 Å². The van der Waals surface area contributed by atoms with E-state index in [9.17, 15) is 0 Å². The second-order valence-corrected chi connectivity index (χ2v) is 21.5. The normalized spacial score (nSPS) is 18.1. The Morgan fingerprint density at radius 2 is 0.838 bits per heavy atom. The Bertz CT molecular complexity index is 3910. The topological polar surface area (TPSA) is 3.24 Å². The Hall–Kier alpha value is -8.52. The minimum Gasteiger partial charge on any atom is -0.310 e. The molecule has 0 unspecified atom stereocenters. The van der Waals surface area contributed by atoms with Crippen molar-refractivity contribution in [2.75, 3.05) is 4.90 Å². The van der Waals surface area contributed by atoms with E-state index in [1.165, 1.54) is 111 Å². The Kier molecular flexibility index (Phi) is 10.0. The van der Waals surface area contributed by atoms with Crippen molar-refractivity contribution in [3.8, 4) is 44.5 Å². The summed E-state index contributed by atoms with van der Waals surface area (Å²) in [6.07, 6.45) is 9.04. The number of rotatable bonds is 7. The number of allylic oxidation sites excluding steroid dienone is 4. The van der Waals surface area contributed by atoms with Crippen LogP contribution in [0, 0.1) is 13.8 Å². The monoisotopic (exact) mass is 947 g/mol. The molecular weight excluding hydrogens is 891 g/mol. The van der Waals surface area contributed by atoms with Crippen LogP contribution in [0.5, 0.6) is 0 Å². The summed E-state index contributed by atoms with van der Waals surface area (Å²) >= 11 is 0. The lowest BCUT2D eigenvalue weighted by atomic mass is 9.50. The zero-order valence-electron chi connectivity index (χ0n) is 42.5. The molecule has 354 valence electrons. The summed E-state index contributed by atoms with van der Waals surface area (Å²) < 4.78 is 0. The highest BCUT2D eigenvalue weighted by Crippen LogP contribution is 2.65. The molecule has 0 heterocycles. The van der Waals surface area contributed by atoms with Crippen molar-refractivity contribution in [1.82, 2.24) is 0 Å². The maximum atomic E-state index is 2.53. The molecule has 0 aromatic heterocycles. The molecular formula is C73H57N. The maximum absolute atomic E-state index is 2.53. The van der Waals surface area contributed by atoms with Gasteiger partial charge < -0.3 is 4.90 Å². The largest absolute Gasteiger partial charge is 0.310 e. The highest BCUT2D eigenvalue weighted by molar-refractivity contribution is 5.92. The average Bonchev–Trinajstić information content (AvgIpc) is 4.07. The van der Waals surface area contributed by atoms with Crippen molar-refractivity contribution in [3.63, 3.8) is 0 Å². The molecule has 1 nitrogen and oxygen atoms in total. The van der Waals surface area contributed by atoms with Crippen LogP contribution >= 0.6 is 0 Å². The van der Waals surface area contributed by atoms with Gasteiger partial charge in [0.15, 0.2) is 0 Å². The summed E-state index contributed by atoms with van der Waals surface area (Å²) in [7, 11) is 0. The van der Waals surface area contributed by atoms with E-state index in [4.69, 9.17) is 0 Å².